The van der Waals surface area contributed by atoms with Crippen molar-refractivity contribution < 1.29 is 4.79 Å². The number of tetrazole rings is 1. The van der Waals surface area contributed by atoms with E-state index < -0.39 is 5.25 Å². The highest BCUT2D eigenvalue weighted by Crippen LogP contribution is 2.25. The van der Waals surface area contributed by atoms with Crippen LogP contribution in [0, 0.1) is 0 Å². The lowest BCUT2D eigenvalue weighted by Crippen LogP contribution is -2.23. The Kier molecular flexibility index (Phi) is 5.71. The summed E-state index contributed by atoms with van der Waals surface area (Å²) in [4.78, 5) is 21.2. The molecule has 0 aliphatic carbocycles. The molecular weight excluding hydrogens is 398 g/mol. The summed E-state index contributed by atoms with van der Waals surface area (Å²) in [5.74, 6) is 0.305. The number of thioether (sulfide) groups is 1. The highest BCUT2D eigenvalue weighted by atomic mass is 32.2. The quantitative estimate of drug-likeness (QED) is 0.474. The van der Waals surface area contributed by atoms with Crippen LogP contribution in [0.15, 0.2) is 60.0 Å². The number of anilines is 1. The largest absolute Gasteiger partial charge is 0.325 e. The van der Waals surface area contributed by atoms with E-state index in [2.05, 4.69) is 56.8 Å². The lowest BCUT2D eigenvalue weighted by Gasteiger charge is -2.12. The number of amides is 1. The van der Waals surface area contributed by atoms with Crippen molar-refractivity contribution in [1.82, 2.24) is 30.2 Å². The zero-order chi connectivity index (χ0) is 21.1. The summed E-state index contributed by atoms with van der Waals surface area (Å²) in [6.45, 7) is 6.12. The van der Waals surface area contributed by atoms with Gasteiger partial charge in [0.05, 0.1) is 22.0 Å². The number of aromatic nitrogens is 6. The molecule has 30 heavy (non-hydrogen) atoms. The van der Waals surface area contributed by atoms with E-state index >= 15 is 0 Å². The maximum Gasteiger partial charge on any atom is 0.237 e. The molecule has 1 N–H and O–H groups in total. The highest BCUT2D eigenvalue weighted by molar-refractivity contribution is 8.00. The Labute approximate surface area is 178 Å². The first-order valence-corrected chi connectivity index (χ1v) is 10.5. The van der Waals surface area contributed by atoms with Crippen molar-refractivity contribution in [2.24, 2.45) is 0 Å². The molecule has 0 saturated heterocycles. The van der Waals surface area contributed by atoms with Crippen LogP contribution in [0.5, 0.6) is 0 Å². The van der Waals surface area contributed by atoms with Crippen LogP contribution in [0.2, 0.25) is 0 Å². The summed E-state index contributed by atoms with van der Waals surface area (Å²) in [6.07, 6.45) is 3.26. The zero-order valence-electron chi connectivity index (χ0n) is 16.9. The van der Waals surface area contributed by atoms with Crippen LogP contribution in [0.3, 0.4) is 0 Å². The average molecular weight is 420 g/mol. The predicted molar refractivity (Wildman–Crippen MR) is 117 cm³/mol. The van der Waals surface area contributed by atoms with Gasteiger partial charge < -0.3 is 5.32 Å². The fourth-order valence-electron chi connectivity index (χ4n) is 2.91. The third-order valence-corrected chi connectivity index (χ3v) is 5.67. The second-order valence-corrected chi connectivity index (χ2v) is 8.44. The van der Waals surface area contributed by atoms with Crippen LogP contribution in [0.4, 0.5) is 5.69 Å². The van der Waals surface area contributed by atoms with E-state index in [-0.39, 0.29) is 5.91 Å². The molecule has 0 fully saturated rings. The van der Waals surface area contributed by atoms with Gasteiger partial charge in [0.25, 0.3) is 0 Å². The van der Waals surface area contributed by atoms with E-state index in [1.807, 2.05) is 31.2 Å². The summed E-state index contributed by atoms with van der Waals surface area (Å²) in [5, 5.41) is 15.0. The first-order chi connectivity index (χ1) is 14.5. The van der Waals surface area contributed by atoms with E-state index in [1.165, 1.54) is 17.3 Å². The number of carbonyl (C=O) groups excluding carboxylic acids is 1. The van der Waals surface area contributed by atoms with Crippen LogP contribution < -0.4 is 5.32 Å². The van der Waals surface area contributed by atoms with Crippen molar-refractivity contribution in [3.8, 4) is 5.69 Å². The first kappa shape index (κ1) is 20.0. The van der Waals surface area contributed by atoms with Gasteiger partial charge >= 0.3 is 0 Å². The van der Waals surface area contributed by atoms with Gasteiger partial charge in [0, 0.05) is 18.1 Å². The molecule has 0 saturated carbocycles. The summed E-state index contributed by atoms with van der Waals surface area (Å²) in [7, 11) is 0. The van der Waals surface area contributed by atoms with Gasteiger partial charge in [0.1, 0.15) is 0 Å². The van der Waals surface area contributed by atoms with E-state index in [4.69, 9.17) is 0 Å². The number of fused-ring (bicyclic) bond motifs is 1. The Balaban J connectivity index is 1.46. The molecule has 9 heteroatoms. The maximum atomic E-state index is 12.7. The van der Waals surface area contributed by atoms with Gasteiger partial charge in [0.15, 0.2) is 0 Å². The lowest BCUT2D eigenvalue weighted by molar-refractivity contribution is -0.115. The van der Waals surface area contributed by atoms with Crippen LogP contribution in [-0.2, 0) is 4.79 Å². The van der Waals surface area contributed by atoms with Gasteiger partial charge in [-0.05, 0) is 59.2 Å². The van der Waals surface area contributed by atoms with Crippen molar-refractivity contribution in [2.45, 2.75) is 37.1 Å². The first-order valence-electron chi connectivity index (χ1n) is 9.58. The second-order valence-electron chi connectivity index (χ2n) is 7.13. The van der Waals surface area contributed by atoms with Crippen molar-refractivity contribution >= 4 is 34.4 Å². The van der Waals surface area contributed by atoms with Gasteiger partial charge in [-0.2, -0.15) is 4.68 Å². The molecule has 2 aromatic carbocycles. The van der Waals surface area contributed by atoms with E-state index in [0.29, 0.717) is 16.8 Å². The molecule has 8 nitrogen and oxygen atoms in total. The summed E-state index contributed by atoms with van der Waals surface area (Å²) in [6, 6.07) is 13.5. The lowest BCUT2D eigenvalue weighted by atomic mass is 10.0. The molecule has 0 aliphatic heterocycles. The van der Waals surface area contributed by atoms with Crippen LogP contribution in [0.25, 0.3) is 16.7 Å². The minimum atomic E-state index is -0.401. The topological polar surface area (TPSA) is 98.5 Å². The van der Waals surface area contributed by atoms with Crippen molar-refractivity contribution in [2.75, 3.05) is 5.32 Å². The Bertz CT molecular complexity index is 1170. The second kappa shape index (κ2) is 8.58. The molecule has 1 unspecified atom stereocenters. The number of hydrogen-bond donors (Lipinski definition) is 1. The van der Waals surface area contributed by atoms with Crippen LogP contribution in [0.1, 0.15) is 32.3 Å². The summed E-state index contributed by atoms with van der Waals surface area (Å²) >= 11 is 1.30. The molecule has 152 valence electrons. The van der Waals surface area contributed by atoms with Gasteiger partial charge in [-0.25, -0.2) is 0 Å². The van der Waals surface area contributed by atoms with E-state index in [9.17, 15) is 4.79 Å². The minimum absolute atomic E-state index is 0.145. The molecule has 0 bridgehead atoms. The Morgan fingerprint density at radius 2 is 1.73 bits per heavy atom. The fourth-order valence-corrected chi connectivity index (χ4v) is 3.72. The van der Waals surface area contributed by atoms with Crippen molar-refractivity contribution in [1.29, 1.82) is 0 Å². The average Bonchev–Trinajstić information content (AvgIpc) is 3.21. The van der Waals surface area contributed by atoms with Crippen LogP contribution >= 0.6 is 11.8 Å². The molecule has 0 spiro atoms. The zero-order valence-corrected chi connectivity index (χ0v) is 17.7. The van der Waals surface area contributed by atoms with Gasteiger partial charge in [-0.15, -0.1) is 5.10 Å². The molecule has 4 aromatic rings. The molecule has 0 aliphatic rings. The van der Waals surface area contributed by atoms with Crippen molar-refractivity contribution in [3.63, 3.8) is 0 Å². The smallest absolute Gasteiger partial charge is 0.237 e. The minimum Gasteiger partial charge on any atom is -0.325 e. The number of rotatable bonds is 6. The van der Waals surface area contributed by atoms with Crippen molar-refractivity contribution in [3.05, 3.63) is 60.4 Å². The highest BCUT2D eigenvalue weighted by Gasteiger charge is 2.19. The van der Waals surface area contributed by atoms with Gasteiger partial charge in [0.2, 0.25) is 11.1 Å². The maximum absolute atomic E-state index is 12.7. The molecule has 2 heterocycles. The standard InChI is InChI=1S/C21H21N7OS/c1-13(2)15-4-7-17(8-5-15)28-21(25-26-27-28)30-14(3)20(29)24-16-6-9-18-19(12-16)23-11-10-22-18/h4-14H,1-3H3,(H,24,29). The SMILES string of the molecule is CC(Sc1nnnn1-c1ccc(C(C)C)cc1)C(=O)Nc1ccc2nccnc2c1. The third kappa shape index (κ3) is 4.30. The molecular formula is C21H21N7OS. The molecule has 0 radical (unpaired) electrons. The molecule has 4 rings (SSSR count). The Morgan fingerprint density at radius 3 is 2.47 bits per heavy atom. The molecule has 1 amide bonds. The number of carbonyl (C=O) groups is 1. The van der Waals surface area contributed by atoms with E-state index in [1.54, 1.807) is 23.1 Å². The summed E-state index contributed by atoms with van der Waals surface area (Å²) < 4.78 is 1.64. The van der Waals surface area contributed by atoms with E-state index in [0.717, 1.165) is 16.7 Å². The predicted octanol–water partition coefficient (Wildman–Crippen LogP) is 3.85. The van der Waals surface area contributed by atoms with Gasteiger partial charge in [-0.3, -0.25) is 14.8 Å². The number of nitrogens with one attached hydrogen (secondary N) is 1. The third-order valence-electron chi connectivity index (χ3n) is 4.63. The fraction of sp³-hybridized carbons (Fsp3) is 0.238. The monoisotopic (exact) mass is 419 g/mol. The number of hydrogen-bond acceptors (Lipinski definition) is 7. The number of benzene rings is 2. The van der Waals surface area contributed by atoms with Crippen LogP contribution in [-0.4, -0.2) is 41.3 Å². The summed E-state index contributed by atoms with van der Waals surface area (Å²) in [5.41, 5.74) is 4.27. The number of nitrogens with zero attached hydrogens (tertiary/aromatic N) is 6. The Hall–Kier alpha value is -3.33. The normalized spacial score (nSPS) is 12.3. The molecule has 1 atom stereocenters. The Morgan fingerprint density at radius 1 is 1.00 bits per heavy atom. The van der Waals surface area contributed by atoms with Gasteiger partial charge in [-0.1, -0.05) is 37.7 Å². The molecule has 2 aromatic heterocycles.